The number of hydrogen-bond acceptors (Lipinski definition) is 4. The van der Waals surface area contributed by atoms with Gasteiger partial charge < -0.3 is 20.8 Å². The highest BCUT2D eigenvalue weighted by Gasteiger charge is 2.52. The van der Waals surface area contributed by atoms with Gasteiger partial charge in [-0.1, -0.05) is 24.3 Å². The quantitative estimate of drug-likeness (QED) is 0.328. The third-order valence-corrected chi connectivity index (χ3v) is 7.30. The molecule has 2 saturated carbocycles. The van der Waals surface area contributed by atoms with Crippen LogP contribution >= 0.6 is 0 Å². The third-order valence-electron chi connectivity index (χ3n) is 7.30. The van der Waals surface area contributed by atoms with Crippen molar-refractivity contribution in [3.05, 3.63) is 24.3 Å². The lowest BCUT2D eigenvalue weighted by atomic mass is 9.82. The van der Waals surface area contributed by atoms with Gasteiger partial charge in [-0.05, 0) is 49.4 Å². The van der Waals surface area contributed by atoms with Crippen molar-refractivity contribution in [3.8, 4) is 0 Å². The van der Waals surface area contributed by atoms with Crippen LogP contribution in [0.1, 0.15) is 25.7 Å². The first-order chi connectivity index (χ1) is 14.4. The van der Waals surface area contributed by atoms with Crippen molar-refractivity contribution in [1.82, 2.24) is 10.6 Å². The Kier molecular flexibility index (Phi) is 5.66. The van der Waals surface area contributed by atoms with Crippen LogP contribution in [0.4, 0.5) is 0 Å². The van der Waals surface area contributed by atoms with Crippen molar-refractivity contribution < 1.29 is 29.4 Å². The number of allylic oxidation sites excluding steroid dienone is 4. The summed E-state index contributed by atoms with van der Waals surface area (Å²) in [6.07, 6.45) is 10.5. The van der Waals surface area contributed by atoms with Gasteiger partial charge in [0.1, 0.15) is 0 Å². The predicted molar refractivity (Wildman–Crippen MR) is 106 cm³/mol. The van der Waals surface area contributed by atoms with Crippen LogP contribution in [-0.2, 0) is 19.2 Å². The van der Waals surface area contributed by atoms with Gasteiger partial charge in [0.2, 0.25) is 11.8 Å². The molecule has 2 amide bonds. The molecule has 0 aliphatic heterocycles. The van der Waals surface area contributed by atoms with E-state index < -0.39 is 35.6 Å². The summed E-state index contributed by atoms with van der Waals surface area (Å²) in [4.78, 5) is 48.0. The number of carbonyl (C=O) groups is 4. The number of fused-ring (bicyclic) bond motifs is 4. The second-order valence-electron chi connectivity index (χ2n) is 8.97. The minimum Gasteiger partial charge on any atom is -0.481 e. The summed E-state index contributed by atoms with van der Waals surface area (Å²) in [5.41, 5.74) is 0. The second kappa shape index (κ2) is 8.24. The maximum Gasteiger partial charge on any atom is 0.307 e. The van der Waals surface area contributed by atoms with Crippen molar-refractivity contribution >= 4 is 23.8 Å². The van der Waals surface area contributed by atoms with Gasteiger partial charge in [-0.15, -0.1) is 0 Å². The molecule has 0 aromatic carbocycles. The number of carboxylic acid groups (broad SMARTS) is 2. The molecule has 0 saturated heterocycles. The molecule has 0 aromatic heterocycles. The van der Waals surface area contributed by atoms with Gasteiger partial charge in [0, 0.05) is 13.1 Å². The van der Waals surface area contributed by atoms with E-state index in [1.807, 2.05) is 24.3 Å². The molecule has 4 bridgehead atoms. The Hall–Kier alpha value is -2.64. The molecule has 0 radical (unpaired) electrons. The van der Waals surface area contributed by atoms with Crippen molar-refractivity contribution in [2.24, 2.45) is 47.3 Å². The first kappa shape index (κ1) is 20.6. The average molecular weight is 416 g/mol. The van der Waals surface area contributed by atoms with Crippen molar-refractivity contribution in [2.45, 2.75) is 25.7 Å². The van der Waals surface area contributed by atoms with E-state index in [9.17, 15) is 29.4 Å². The molecule has 4 N–H and O–H groups in total. The normalized spacial score (nSPS) is 37.5. The van der Waals surface area contributed by atoms with Gasteiger partial charge in [-0.25, -0.2) is 0 Å². The highest BCUT2D eigenvalue weighted by atomic mass is 16.4. The standard InChI is InChI=1S/C22H28N2O6/c25-19(15-11-3-5-13(9-11)17(15)21(27)28)23-7-1-2-8-24-20(26)16-12-4-6-14(10-12)18(16)22(29)30/h3-6,11-18H,1-2,7-10H2,(H,23,25)(H,24,26)(H,27,28)(H,29,30)/t11-,12-,13-,14-,15-,16+,17+,18-/m0/s1. The van der Waals surface area contributed by atoms with Crippen LogP contribution < -0.4 is 10.6 Å². The zero-order valence-corrected chi connectivity index (χ0v) is 16.7. The largest absolute Gasteiger partial charge is 0.481 e. The van der Waals surface area contributed by atoms with E-state index in [0.717, 1.165) is 12.8 Å². The molecule has 4 aliphatic rings. The van der Waals surface area contributed by atoms with Crippen molar-refractivity contribution in [3.63, 3.8) is 0 Å². The summed E-state index contributed by atoms with van der Waals surface area (Å²) < 4.78 is 0. The maximum absolute atomic E-state index is 12.5. The third kappa shape index (κ3) is 3.63. The summed E-state index contributed by atoms with van der Waals surface area (Å²) in [7, 11) is 0. The summed E-state index contributed by atoms with van der Waals surface area (Å²) >= 11 is 0. The first-order valence-electron chi connectivity index (χ1n) is 10.8. The minimum atomic E-state index is -0.912. The average Bonchev–Trinajstić information content (AvgIpc) is 3.48. The highest BCUT2D eigenvalue weighted by Crippen LogP contribution is 2.49. The molecule has 8 atom stereocenters. The van der Waals surface area contributed by atoms with Crippen molar-refractivity contribution in [2.75, 3.05) is 13.1 Å². The lowest BCUT2D eigenvalue weighted by Gasteiger charge is -2.24. The molecule has 162 valence electrons. The zero-order chi connectivity index (χ0) is 21.4. The number of hydrogen-bond donors (Lipinski definition) is 4. The minimum absolute atomic E-state index is 0.00774. The molecule has 30 heavy (non-hydrogen) atoms. The summed E-state index contributed by atoms with van der Waals surface area (Å²) in [6, 6.07) is 0. The van der Waals surface area contributed by atoms with Gasteiger partial charge in [-0.3, -0.25) is 19.2 Å². The number of aliphatic carboxylic acids is 2. The van der Waals surface area contributed by atoms with E-state index >= 15 is 0 Å². The van der Waals surface area contributed by atoms with Crippen LogP contribution in [0.25, 0.3) is 0 Å². The molecule has 4 rings (SSSR count). The molecule has 2 fully saturated rings. The highest BCUT2D eigenvalue weighted by molar-refractivity contribution is 5.87. The van der Waals surface area contributed by atoms with Crippen molar-refractivity contribution in [1.29, 1.82) is 0 Å². The Morgan fingerprint density at radius 3 is 1.30 bits per heavy atom. The molecule has 0 spiro atoms. The monoisotopic (exact) mass is 416 g/mol. The van der Waals surface area contributed by atoms with Crippen LogP contribution in [-0.4, -0.2) is 47.1 Å². The molecule has 0 unspecified atom stereocenters. The van der Waals surface area contributed by atoms with Gasteiger partial charge in [0.15, 0.2) is 0 Å². The number of nitrogens with one attached hydrogen (secondary N) is 2. The number of rotatable bonds is 9. The smallest absolute Gasteiger partial charge is 0.307 e. The predicted octanol–water partition coefficient (Wildman–Crippen LogP) is 1.04. The van der Waals surface area contributed by atoms with Gasteiger partial charge >= 0.3 is 11.9 Å². The fraction of sp³-hybridized carbons (Fsp3) is 0.636. The lowest BCUT2D eigenvalue weighted by molar-refractivity contribution is -0.148. The second-order valence-corrected chi connectivity index (χ2v) is 8.97. The number of carbonyl (C=O) groups excluding carboxylic acids is 2. The Bertz CT molecular complexity index is 739. The van der Waals surface area contributed by atoms with E-state index in [2.05, 4.69) is 10.6 Å². The van der Waals surface area contributed by atoms with Crippen LogP contribution in [0.5, 0.6) is 0 Å². The topological polar surface area (TPSA) is 133 Å². The van der Waals surface area contributed by atoms with E-state index in [-0.39, 0.29) is 35.5 Å². The Labute approximate surface area is 174 Å². The summed E-state index contributed by atoms with van der Waals surface area (Å²) in [6.45, 7) is 0.848. The number of carboxylic acids is 2. The SMILES string of the molecule is O=C(O)[C@@H]1[C@H](C(=O)NCCCCNC(=O)[C@@H]2[C@H](C(=O)O)[C@H]3C=C[C@H]2C3)[C@H]2C=C[C@H]1C2. The van der Waals surface area contributed by atoms with Crippen LogP contribution in [0.15, 0.2) is 24.3 Å². The molecule has 0 aromatic rings. The molecular formula is C22H28N2O6. The summed E-state index contributed by atoms with van der Waals surface area (Å²) in [5.74, 6) is -4.61. The van der Waals surface area contributed by atoms with E-state index in [1.165, 1.54) is 0 Å². The fourth-order valence-corrected chi connectivity index (χ4v) is 5.94. The molecular weight excluding hydrogens is 388 g/mol. The van der Waals surface area contributed by atoms with Gasteiger partial charge in [0.25, 0.3) is 0 Å². The molecule has 0 heterocycles. The van der Waals surface area contributed by atoms with Crippen LogP contribution in [0, 0.1) is 47.3 Å². The fourth-order valence-electron chi connectivity index (χ4n) is 5.94. The molecule has 8 heteroatoms. The lowest BCUT2D eigenvalue weighted by Crippen LogP contribution is -2.41. The Morgan fingerprint density at radius 2 is 0.967 bits per heavy atom. The van der Waals surface area contributed by atoms with E-state index in [0.29, 0.717) is 25.9 Å². The number of unbranched alkanes of at least 4 members (excludes halogenated alkanes) is 1. The van der Waals surface area contributed by atoms with E-state index in [4.69, 9.17) is 0 Å². The summed E-state index contributed by atoms with van der Waals surface area (Å²) in [5, 5.41) is 24.6. The van der Waals surface area contributed by atoms with Crippen LogP contribution in [0.2, 0.25) is 0 Å². The number of amides is 2. The van der Waals surface area contributed by atoms with Crippen LogP contribution in [0.3, 0.4) is 0 Å². The zero-order valence-electron chi connectivity index (χ0n) is 16.7. The maximum atomic E-state index is 12.5. The molecule has 8 nitrogen and oxygen atoms in total. The van der Waals surface area contributed by atoms with E-state index in [1.54, 1.807) is 0 Å². The molecule has 4 aliphatic carbocycles. The Morgan fingerprint density at radius 1 is 0.633 bits per heavy atom. The van der Waals surface area contributed by atoms with Gasteiger partial charge in [-0.2, -0.15) is 0 Å². The Balaban J connectivity index is 1.17. The first-order valence-corrected chi connectivity index (χ1v) is 10.8. The van der Waals surface area contributed by atoms with Gasteiger partial charge in [0.05, 0.1) is 23.7 Å².